The van der Waals surface area contributed by atoms with Gasteiger partial charge in [-0.2, -0.15) is 5.26 Å². The van der Waals surface area contributed by atoms with Crippen molar-refractivity contribution < 1.29 is 19.1 Å². The second-order valence-corrected chi connectivity index (χ2v) is 7.08. The van der Waals surface area contributed by atoms with Gasteiger partial charge in [-0.05, 0) is 55.7 Å². The Bertz CT molecular complexity index is 1110. The van der Waals surface area contributed by atoms with Gasteiger partial charge in [0.1, 0.15) is 11.6 Å². The summed E-state index contributed by atoms with van der Waals surface area (Å²) in [6.07, 6.45) is 1.67. The molecule has 1 aliphatic heterocycles. The highest BCUT2D eigenvalue weighted by Gasteiger charge is 2.38. The number of amides is 2. The Hall–Kier alpha value is -3.85. The maximum atomic E-state index is 13.4. The standard InChI is InChI=1S/C25H24N2O4/c1-5-31-22-12-11-18(14-23(22)30-4)13-20-16(2)21(15-26)25(29)27(24(20)28)17(3)19-9-7-6-8-10-19/h6-14,17H,5H2,1-4H3/b20-13+. The van der Waals surface area contributed by atoms with Gasteiger partial charge in [0, 0.05) is 5.57 Å². The van der Waals surface area contributed by atoms with Crippen molar-refractivity contribution in [3.8, 4) is 17.6 Å². The lowest BCUT2D eigenvalue weighted by molar-refractivity contribution is -0.143. The number of carbonyl (C=O) groups is 2. The Balaban J connectivity index is 2.09. The van der Waals surface area contributed by atoms with Crippen LogP contribution in [0.2, 0.25) is 0 Å². The predicted octanol–water partition coefficient (Wildman–Crippen LogP) is 4.45. The summed E-state index contributed by atoms with van der Waals surface area (Å²) < 4.78 is 10.9. The molecule has 0 spiro atoms. The molecule has 0 aliphatic carbocycles. The molecule has 2 aromatic carbocycles. The van der Waals surface area contributed by atoms with Gasteiger partial charge in [0.15, 0.2) is 11.5 Å². The minimum Gasteiger partial charge on any atom is -0.493 e. The van der Waals surface area contributed by atoms with Crippen LogP contribution in [0.3, 0.4) is 0 Å². The van der Waals surface area contributed by atoms with Gasteiger partial charge < -0.3 is 9.47 Å². The molecule has 2 aromatic rings. The first-order chi connectivity index (χ1) is 14.9. The van der Waals surface area contributed by atoms with Crippen molar-refractivity contribution in [1.82, 2.24) is 4.90 Å². The second-order valence-electron chi connectivity index (χ2n) is 7.08. The summed E-state index contributed by atoms with van der Waals surface area (Å²) in [6, 6.07) is 16.0. The predicted molar refractivity (Wildman–Crippen MR) is 117 cm³/mol. The molecular formula is C25H24N2O4. The number of methoxy groups -OCH3 is 1. The van der Waals surface area contributed by atoms with Crippen molar-refractivity contribution in [2.45, 2.75) is 26.8 Å². The smallest absolute Gasteiger partial charge is 0.272 e. The van der Waals surface area contributed by atoms with Crippen LogP contribution in [0, 0.1) is 11.3 Å². The van der Waals surface area contributed by atoms with Crippen LogP contribution in [0.1, 0.15) is 37.9 Å². The number of rotatable bonds is 6. The first kappa shape index (κ1) is 21.8. The summed E-state index contributed by atoms with van der Waals surface area (Å²) in [7, 11) is 1.54. The van der Waals surface area contributed by atoms with Crippen molar-refractivity contribution in [3.63, 3.8) is 0 Å². The molecule has 1 aliphatic rings. The van der Waals surface area contributed by atoms with Gasteiger partial charge in [0.05, 0.1) is 19.8 Å². The molecule has 6 heteroatoms. The summed E-state index contributed by atoms with van der Waals surface area (Å²) in [5.74, 6) is 0.113. The molecule has 158 valence electrons. The third-order valence-electron chi connectivity index (χ3n) is 5.24. The molecule has 3 rings (SSSR count). The first-order valence-electron chi connectivity index (χ1n) is 9.99. The molecule has 0 N–H and O–H groups in total. The van der Waals surface area contributed by atoms with Gasteiger partial charge in [-0.1, -0.05) is 36.4 Å². The van der Waals surface area contributed by atoms with Crippen LogP contribution < -0.4 is 9.47 Å². The molecule has 0 saturated heterocycles. The van der Waals surface area contributed by atoms with Gasteiger partial charge >= 0.3 is 0 Å². The number of benzene rings is 2. The number of ether oxygens (including phenoxy) is 2. The minimum atomic E-state index is -0.581. The van der Waals surface area contributed by atoms with Gasteiger partial charge in [-0.3, -0.25) is 14.5 Å². The number of nitriles is 1. The van der Waals surface area contributed by atoms with Crippen molar-refractivity contribution in [3.05, 3.63) is 76.4 Å². The number of hydrogen-bond donors (Lipinski definition) is 0. The van der Waals surface area contributed by atoms with Crippen LogP contribution in [0.15, 0.2) is 65.3 Å². The van der Waals surface area contributed by atoms with E-state index >= 15 is 0 Å². The quantitative estimate of drug-likeness (QED) is 0.514. The zero-order valence-electron chi connectivity index (χ0n) is 18.0. The Kier molecular flexibility index (Phi) is 6.56. The van der Waals surface area contributed by atoms with E-state index in [-0.39, 0.29) is 5.57 Å². The van der Waals surface area contributed by atoms with Crippen LogP contribution in [0.4, 0.5) is 0 Å². The third kappa shape index (κ3) is 4.22. The molecule has 1 unspecified atom stereocenters. The molecule has 0 aromatic heterocycles. The Morgan fingerprint density at radius 3 is 2.42 bits per heavy atom. The lowest BCUT2D eigenvalue weighted by Gasteiger charge is -2.32. The second kappa shape index (κ2) is 9.31. The van der Waals surface area contributed by atoms with Gasteiger partial charge in [0.2, 0.25) is 0 Å². The van der Waals surface area contributed by atoms with Gasteiger partial charge in [-0.15, -0.1) is 0 Å². The van der Waals surface area contributed by atoms with E-state index in [9.17, 15) is 14.9 Å². The number of carbonyl (C=O) groups excluding carboxylic acids is 2. The molecule has 2 amide bonds. The normalized spacial score (nSPS) is 16.4. The summed E-state index contributed by atoms with van der Waals surface area (Å²) in [5.41, 5.74) is 2.13. The lowest BCUT2D eigenvalue weighted by atomic mass is 9.91. The summed E-state index contributed by atoms with van der Waals surface area (Å²) >= 11 is 0. The van der Waals surface area contributed by atoms with Crippen molar-refractivity contribution in [2.24, 2.45) is 0 Å². The largest absolute Gasteiger partial charge is 0.493 e. The molecule has 0 fully saturated rings. The van der Waals surface area contributed by atoms with E-state index in [1.54, 1.807) is 45.2 Å². The first-order valence-corrected chi connectivity index (χ1v) is 9.99. The highest BCUT2D eigenvalue weighted by Crippen LogP contribution is 2.34. The van der Waals surface area contributed by atoms with Gasteiger partial charge in [0.25, 0.3) is 11.8 Å². The van der Waals surface area contributed by atoms with Crippen LogP contribution in [0.5, 0.6) is 11.5 Å². The van der Waals surface area contributed by atoms with Gasteiger partial charge in [-0.25, -0.2) is 0 Å². The van der Waals surface area contributed by atoms with E-state index < -0.39 is 17.9 Å². The van der Waals surface area contributed by atoms with Crippen molar-refractivity contribution in [2.75, 3.05) is 13.7 Å². The number of nitrogens with zero attached hydrogens (tertiary/aromatic N) is 2. The fourth-order valence-electron chi connectivity index (χ4n) is 3.55. The molecular weight excluding hydrogens is 392 g/mol. The topological polar surface area (TPSA) is 79.6 Å². The highest BCUT2D eigenvalue weighted by atomic mass is 16.5. The summed E-state index contributed by atoms with van der Waals surface area (Å²) in [6.45, 7) is 5.78. The molecule has 0 bridgehead atoms. The maximum Gasteiger partial charge on any atom is 0.272 e. The van der Waals surface area contributed by atoms with Crippen LogP contribution in [-0.4, -0.2) is 30.4 Å². The maximum absolute atomic E-state index is 13.4. The average Bonchev–Trinajstić information content (AvgIpc) is 2.78. The third-order valence-corrected chi connectivity index (χ3v) is 5.24. The number of imide groups is 1. The zero-order chi connectivity index (χ0) is 22.5. The van der Waals surface area contributed by atoms with E-state index in [4.69, 9.17) is 9.47 Å². The van der Waals surface area contributed by atoms with Crippen LogP contribution in [0.25, 0.3) is 6.08 Å². The summed E-state index contributed by atoms with van der Waals surface area (Å²) in [4.78, 5) is 27.5. The van der Waals surface area contributed by atoms with Crippen LogP contribution >= 0.6 is 0 Å². The Morgan fingerprint density at radius 2 is 1.81 bits per heavy atom. The fraction of sp³-hybridized carbons (Fsp3) is 0.240. The van der Waals surface area contributed by atoms with E-state index in [1.807, 2.05) is 43.3 Å². The monoisotopic (exact) mass is 416 g/mol. The van der Waals surface area contributed by atoms with Crippen molar-refractivity contribution >= 4 is 17.9 Å². The summed E-state index contributed by atoms with van der Waals surface area (Å²) in [5, 5.41) is 9.62. The minimum absolute atomic E-state index is 0.0356. The lowest BCUT2D eigenvalue weighted by Crippen LogP contribution is -2.44. The van der Waals surface area contributed by atoms with E-state index in [0.717, 1.165) is 10.5 Å². The zero-order valence-corrected chi connectivity index (χ0v) is 18.0. The van der Waals surface area contributed by atoms with E-state index in [1.165, 1.54) is 0 Å². The molecule has 0 radical (unpaired) electrons. The van der Waals surface area contributed by atoms with E-state index in [0.29, 0.717) is 34.8 Å². The molecule has 6 nitrogen and oxygen atoms in total. The molecule has 1 atom stereocenters. The Morgan fingerprint density at radius 1 is 1.10 bits per heavy atom. The van der Waals surface area contributed by atoms with Crippen molar-refractivity contribution in [1.29, 1.82) is 5.26 Å². The molecule has 1 heterocycles. The Labute approximate surface area is 182 Å². The average molecular weight is 416 g/mol. The SMILES string of the molecule is CCOc1ccc(/C=C2/C(=O)N(C(C)c3ccccc3)C(=O)C(C#N)=C2C)cc1OC. The molecule has 0 saturated carbocycles. The fourth-order valence-corrected chi connectivity index (χ4v) is 3.55. The highest BCUT2D eigenvalue weighted by molar-refractivity contribution is 6.19. The number of hydrogen-bond acceptors (Lipinski definition) is 5. The van der Waals surface area contributed by atoms with Crippen LogP contribution in [-0.2, 0) is 9.59 Å². The molecule has 31 heavy (non-hydrogen) atoms. The van der Waals surface area contributed by atoms with E-state index in [2.05, 4.69) is 0 Å².